The van der Waals surface area contributed by atoms with E-state index in [4.69, 9.17) is 9.73 Å². The number of pyridine rings is 1. The highest BCUT2D eigenvalue weighted by molar-refractivity contribution is 6.22. The van der Waals surface area contributed by atoms with Gasteiger partial charge in [0, 0.05) is 25.8 Å². The van der Waals surface area contributed by atoms with Gasteiger partial charge in [0.1, 0.15) is 0 Å². The van der Waals surface area contributed by atoms with E-state index in [1.165, 1.54) is 4.90 Å². The van der Waals surface area contributed by atoms with Crippen LogP contribution in [0.2, 0.25) is 0 Å². The van der Waals surface area contributed by atoms with Crippen LogP contribution in [-0.4, -0.2) is 78.2 Å². The van der Waals surface area contributed by atoms with E-state index in [2.05, 4.69) is 34.4 Å². The monoisotopic (exact) mass is 539 g/mol. The van der Waals surface area contributed by atoms with Gasteiger partial charge in [0.05, 0.1) is 46.4 Å². The summed E-state index contributed by atoms with van der Waals surface area (Å²) in [5, 5.41) is 3.50. The second kappa shape index (κ2) is 10.8. The lowest BCUT2D eigenvalue weighted by Gasteiger charge is -2.33. The van der Waals surface area contributed by atoms with Crippen LogP contribution in [0.1, 0.15) is 50.2 Å². The molecule has 0 unspecified atom stereocenters. The number of amides is 2. The number of piperidine rings is 1. The summed E-state index contributed by atoms with van der Waals surface area (Å²) in [5.41, 5.74) is 4.94. The minimum atomic E-state index is -0.249. The summed E-state index contributed by atoms with van der Waals surface area (Å²) in [6.45, 7) is 2.18. The average molecular weight is 540 g/mol. The summed E-state index contributed by atoms with van der Waals surface area (Å²) in [6, 6.07) is 15.3. The van der Waals surface area contributed by atoms with E-state index in [-0.39, 0.29) is 29.5 Å². The number of ether oxygens (including phenoxy) is 1. The van der Waals surface area contributed by atoms with E-state index in [1.807, 2.05) is 24.3 Å². The van der Waals surface area contributed by atoms with Crippen molar-refractivity contribution < 1.29 is 14.3 Å². The molecule has 1 atom stereocenters. The summed E-state index contributed by atoms with van der Waals surface area (Å²) < 4.78 is 5.47. The Morgan fingerprint density at radius 3 is 2.50 bits per heavy atom. The maximum atomic E-state index is 13.4. The van der Waals surface area contributed by atoms with Crippen LogP contribution in [0.15, 0.2) is 64.5 Å². The third-order valence-electron chi connectivity index (χ3n) is 8.09. The molecule has 2 N–H and O–H groups in total. The van der Waals surface area contributed by atoms with E-state index < -0.39 is 0 Å². The van der Waals surface area contributed by atoms with E-state index in [9.17, 15) is 14.4 Å². The molecule has 3 aromatic rings. The molecule has 0 aliphatic carbocycles. The maximum Gasteiger partial charge on any atom is 0.261 e. The van der Waals surface area contributed by atoms with Gasteiger partial charge in [-0.25, -0.2) is 0 Å². The van der Waals surface area contributed by atoms with Gasteiger partial charge < -0.3 is 19.9 Å². The highest BCUT2D eigenvalue weighted by Gasteiger charge is 2.42. The van der Waals surface area contributed by atoms with Gasteiger partial charge in [-0.3, -0.25) is 24.3 Å². The van der Waals surface area contributed by atoms with Crippen molar-refractivity contribution in [2.45, 2.75) is 37.8 Å². The van der Waals surface area contributed by atoms with E-state index >= 15 is 0 Å². The maximum absolute atomic E-state index is 13.4. The molecule has 1 aromatic heterocycles. The molecule has 1 fully saturated rings. The highest BCUT2D eigenvalue weighted by Crippen LogP contribution is 2.37. The summed E-state index contributed by atoms with van der Waals surface area (Å²) in [4.78, 5) is 51.0. The molecule has 206 valence electrons. The molecule has 6 rings (SSSR count). The van der Waals surface area contributed by atoms with Crippen molar-refractivity contribution in [2.24, 2.45) is 4.99 Å². The quantitative estimate of drug-likeness (QED) is 0.425. The highest BCUT2D eigenvalue weighted by atomic mass is 16.5. The second-order valence-corrected chi connectivity index (χ2v) is 10.9. The molecule has 0 bridgehead atoms. The molecule has 9 nitrogen and oxygen atoms in total. The Kier molecular flexibility index (Phi) is 7.08. The average Bonchev–Trinajstić information content (AvgIpc) is 3.46. The number of aliphatic imine (C=N–C) groups is 1. The molecule has 1 saturated heterocycles. The summed E-state index contributed by atoms with van der Waals surface area (Å²) in [7, 11) is 3.71. The number of imide groups is 1. The molecule has 0 spiro atoms. The van der Waals surface area contributed by atoms with Crippen molar-refractivity contribution in [3.05, 3.63) is 92.9 Å². The van der Waals surface area contributed by atoms with Crippen molar-refractivity contribution in [1.82, 2.24) is 14.8 Å². The summed E-state index contributed by atoms with van der Waals surface area (Å²) >= 11 is 0. The van der Waals surface area contributed by atoms with Crippen molar-refractivity contribution in [2.75, 3.05) is 39.2 Å². The molecular weight excluding hydrogens is 506 g/mol. The normalized spacial score (nSPS) is 18.1. The number of aromatic amines is 1. The Bertz CT molecular complexity index is 1540. The Morgan fingerprint density at radius 2 is 1.77 bits per heavy atom. The van der Waals surface area contributed by atoms with Crippen LogP contribution in [-0.2, 0) is 17.6 Å². The van der Waals surface area contributed by atoms with Crippen molar-refractivity contribution >= 4 is 28.9 Å². The molecule has 3 aliphatic rings. The van der Waals surface area contributed by atoms with Crippen LogP contribution in [0, 0.1) is 0 Å². The van der Waals surface area contributed by atoms with Crippen molar-refractivity contribution in [3.63, 3.8) is 0 Å². The minimum Gasteiger partial charge on any atom is -0.383 e. The zero-order valence-electron chi connectivity index (χ0n) is 22.8. The van der Waals surface area contributed by atoms with Gasteiger partial charge in [-0.15, -0.1) is 0 Å². The number of hydrogen-bond acceptors (Lipinski definition) is 7. The first kappa shape index (κ1) is 26.2. The van der Waals surface area contributed by atoms with Crippen LogP contribution < -0.4 is 10.9 Å². The molecule has 40 heavy (non-hydrogen) atoms. The molecule has 0 saturated carbocycles. The predicted octanol–water partition coefficient (Wildman–Crippen LogP) is 3.41. The van der Waals surface area contributed by atoms with Crippen LogP contribution in [0.25, 0.3) is 0 Å². The van der Waals surface area contributed by atoms with Crippen LogP contribution >= 0.6 is 0 Å². The Labute approximate surface area is 232 Å². The number of likely N-dealkylation sites (tertiary alicyclic amines) is 1. The third-order valence-corrected chi connectivity index (χ3v) is 8.09. The molecule has 4 heterocycles. The molecule has 9 heteroatoms. The summed E-state index contributed by atoms with van der Waals surface area (Å²) in [5.74, 6) is -0.474. The predicted molar refractivity (Wildman–Crippen MR) is 154 cm³/mol. The molecule has 2 amide bonds. The first-order chi connectivity index (χ1) is 19.4. The number of benzene rings is 2. The van der Waals surface area contributed by atoms with Crippen LogP contribution in [0.4, 0.5) is 11.4 Å². The topological polar surface area (TPSA) is 107 Å². The van der Waals surface area contributed by atoms with E-state index in [1.54, 1.807) is 25.4 Å². The lowest BCUT2D eigenvalue weighted by atomic mass is 9.99. The zero-order valence-corrected chi connectivity index (χ0v) is 22.8. The number of aromatic nitrogens is 1. The third kappa shape index (κ3) is 4.87. The largest absolute Gasteiger partial charge is 0.383 e. The fourth-order valence-corrected chi connectivity index (χ4v) is 6.04. The second-order valence-electron chi connectivity index (χ2n) is 10.9. The molecule has 0 radical (unpaired) electrons. The Balaban J connectivity index is 1.27. The Hall–Kier alpha value is -4.08. The number of H-pyrrole nitrogens is 1. The first-order valence-corrected chi connectivity index (χ1v) is 13.7. The number of rotatable bonds is 8. The van der Waals surface area contributed by atoms with Crippen molar-refractivity contribution in [3.8, 4) is 0 Å². The first-order valence-electron chi connectivity index (χ1n) is 13.7. The van der Waals surface area contributed by atoms with Crippen LogP contribution in [0.3, 0.4) is 0 Å². The van der Waals surface area contributed by atoms with Gasteiger partial charge in [0.25, 0.3) is 17.4 Å². The van der Waals surface area contributed by atoms with Crippen molar-refractivity contribution in [1.29, 1.82) is 0 Å². The molecule has 3 aliphatic heterocycles. The number of methoxy groups -OCH3 is 1. The number of nitrogens with one attached hydrogen (secondary N) is 2. The lowest BCUT2D eigenvalue weighted by Crippen LogP contribution is -2.46. The van der Waals surface area contributed by atoms with Gasteiger partial charge in [0.15, 0.2) is 0 Å². The number of nitrogens with zero attached hydrogens (tertiary/aromatic N) is 3. The van der Waals surface area contributed by atoms with Gasteiger partial charge >= 0.3 is 0 Å². The number of anilines is 1. The van der Waals surface area contributed by atoms with E-state index in [0.29, 0.717) is 46.8 Å². The van der Waals surface area contributed by atoms with Gasteiger partial charge in [0.2, 0.25) is 0 Å². The van der Waals surface area contributed by atoms with Gasteiger partial charge in [-0.05, 0) is 68.7 Å². The fourth-order valence-electron chi connectivity index (χ4n) is 6.04. The summed E-state index contributed by atoms with van der Waals surface area (Å²) in [6.07, 6.45) is 4.30. The lowest BCUT2D eigenvalue weighted by molar-refractivity contribution is 0.0516. The number of carbonyl (C=O) groups is 2. The standard InChI is InChI=1S/C31H33N5O4/c1-35-12-9-22(10-13-35)36-30(38)23-15-20-16-27(34-26(20)17-24(23)31(36)39)28-25(8-11-32-29(28)37)33-21(18-40-2)14-19-6-4-3-5-7-19/h3-8,11,15,17,21-22H,9-10,12-14,16,18H2,1-2H3,(H2,32,33,37)/t21-/m1/s1. The molecular formula is C31H33N5O4. The fraction of sp³-hybridized carbons (Fsp3) is 0.355. The smallest absolute Gasteiger partial charge is 0.261 e. The SMILES string of the molecule is COC[C@@H](Cc1ccccc1)Nc1cc[nH]c(=O)c1C1=Nc2cc3c(cc2C1)C(=O)N(C1CCN(C)CC1)C3=O. The van der Waals surface area contributed by atoms with Crippen LogP contribution in [0.5, 0.6) is 0 Å². The zero-order chi connectivity index (χ0) is 27.8. The number of carbonyl (C=O) groups excluding carboxylic acids is 2. The Morgan fingerprint density at radius 1 is 1.05 bits per heavy atom. The van der Waals surface area contributed by atoms with Gasteiger partial charge in [-0.1, -0.05) is 30.3 Å². The molecule has 2 aromatic carbocycles. The minimum absolute atomic E-state index is 0.0677. The number of fused-ring (bicyclic) bond motifs is 2. The number of hydrogen-bond donors (Lipinski definition) is 2. The van der Waals surface area contributed by atoms with Gasteiger partial charge in [-0.2, -0.15) is 0 Å². The van der Waals surface area contributed by atoms with E-state index in [0.717, 1.165) is 43.5 Å².